The Labute approximate surface area is 122 Å². The molecule has 1 aliphatic heterocycles. The SMILES string of the molecule is c1ccc(-c2cc3ncnc(N4CCOCC4)c3[nH]2)cc1. The molecule has 0 radical (unpaired) electrons. The van der Waals surface area contributed by atoms with E-state index in [-0.39, 0.29) is 0 Å². The van der Waals surface area contributed by atoms with Crippen molar-refractivity contribution in [3.8, 4) is 11.3 Å². The maximum absolute atomic E-state index is 5.41. The van der Waals surface area contributed by atoms with Gasteiger partial charge in [-0.1, -0.05) is 30.3 Å². The van der Waals surface area contributed by atoms with Crippen LogP contribution < -0.4 is 4.90 Å². The Morgan fingerprint density at radius 1 is 1.05 bits per heavy atom. The summed E-state index contributed by atoms with van der Waals surface area (Å²) in [5.41, 5.74) is 4.17. The van der Waals surface area contributed by atoms with E-state index >= 15 is 0 Å². The van der Waals surface area contributed by atoms with Crippen molar-refractivity contribution in [3.05, 3.63) is 42.7 Å². The molecule has 1 fully saturated rings. The van der Waals surface area contributed by atoms with Gasteiger partial charge < -0.3 is 14.6 Å². The molecule has 0 spiro atoms. The lowest BCUT2D eigenvalue weighted by Gasteiger charge is -2.27. The van der Waals surface area contributed by atoms with E-state index in [1.54, 1.807) is 6.33 Å². The van der Waals surface area contributed by atoms with Crippen molar-refractivity contribution in [2.75, 3.05) is 31.2 Å². The summed E-state index contributed by atoms with van der Waals surface area (Å²) in [7, 11) is 0. The zero-order valence-electron chi connectivity index (χ0n) is 11.6. The van der Waals surface area contributed by atoms with Crippen LogP contribution in [0.1, 0.15) is 0 Å². The molecule has 106 valence electrons. The summed E-state index contributed by atoms with van der Waals surface area (Å²) in [6.07, 6.45) is 1.63. The van der Waals surface area contributed by atoms with Crippen LogP contribution in [0.3, 0.4) is 0 Å². The molecule has 0 unspecified atom stereocenters. The van der Waals surface area contributed by atoms with E-state index in [1.807, 2.05) is 18.2 Å². The van der Waals surface area contributed by atoms with Crippen molar-refractivity contribution in [1.82, 2.24) is 15.0 Å². The quantitative estimate of drug-likeness (QED) is 0.783. The molecular weight excluding hydrogens is 264 g/mol. The summed E-state index contributed by atoms with van der Waals surface area (Å²) in [6.45, 7) is 3.23. The highest BCUT2D eigenvalue weighted by Gasteiger charge is 2.17. The van der Waals surface area contributed by atoms with Gasteiger partial charge in [0.2, 0.25) is 0 Å². The number of H-pyrrole nitrogens is 1. The van der Waals surface area contributed by atoms with Crippen molar-refractivity contribution in [2.45, 2.75) is 0 Å². The van der Waals surface area contributed by atoms with Crippen LogP contribution in [0.2, 0.25) is 0 Å². The predicted molar refractivity (Wildman–Crippen MR) is 82.4 cm³/mol. The standard InChI is InChI=1S/C16H16N4O/c1-2-4-12(5-3-1)13-10-14-15(19-13)16(18-11-17-14)20-6-8-21-9-7-20/h1-5,10-11,19H,6-9H2. The van der Waals surface area contributed by atoms with Crippen molar-refractivity contribution in [3.63, 3.8) is 0 Å². The van der Waals surface area contributed by atoms with Crippen LogP contribution in [0.15, 0.2) is 42.7 Å². The van der Waals surface area contributed by atoms with Crippen molar-refractivity contribution in [2.24, 2.45) is 0 Å². The van der Waals surface area contributed by atoms with Gasteiger partial charge in [-0.3, -0.25) is 0 Å². The van der Waals surface area contributed by atoms with Gasteiger partial charge in [0.1, 0.15) is 11.8 Å². The largest absolute Gasteiger partial charge is 0.378 e. The van der Waals surface area contributed by atoms with Crippen molar-refractivity contribution in [1.29, 1.82) is 0 Å². The van der Waals surface area contributed by atoms with Crippen LogP contribution in [-0.4, -0.2) is 41.3 Å². The molecule has 1 aliphatic rings. The molecule has 21 heavy (non-hydrogen) atoms. The molecule has 1 N–H and O–H groups in total. The minimum Gasteiger partial charge on any atom is -0.378 e. The highest BCUT2D eigenvalue weighted by Crippen LogP contribution is 2.28. The lowest BCUT2D eigenvalue weighted by molar-refractivity contribution is 0.122. The lowest BCUT2D eigenvalue weighted by atomic mass is 10.2. The number of aromatic amines is 1. The van der Waals surface area contributed by atoms with Crippen LogP contribution in [0.4, 0.5) is 5.82 Å². The number of hydrogen-bond acceptors (Lipinski definition) is 4. The Balaban J connectivity index is 1.80. The highest BCUT2D eigenvalue weighted by atomic mass is 16.5. The van der Waals surface area contributed by atoms with Crippen LogP contribution in [0, 0.1) is 0 Å². The van der Waals surface area contributed by atoms with Gasteiger partial charge in [0, 0.05) is 18.8 Å². The Morgan fingerprint density at radius 3 is 2.67 bits per heavy atom. The van der Waals surface area contributed by atoms with E-state index in [4.69, 9.17) is 4.74 Å². The summed E-state index contributed by atoms with van der Waals surface area (Å²) in [5.74, 6) is 0.963. The minimum absolute atomic E-state index is 0.748. The molecule has 0 atom stereocenters. The fourth-order valence-corrected chi connectivity index (χ4v) is 2.71. The maximum atomic E-state index is 5.41. The number of anilines is 1. The molecule has 3 aromatic rings. The van der Waals surface area contributed by atoms with Crippen LogP contribution in [0.5, 0.6) is 0 Å². The number of hydrogen-bond donors (Lipinski definition) is 1. The first-order valence-corrected chi connectivity index (χ1v) is 7.14. The Kier molecular flexibility index (Phi) is 3.05. The number of morpholine rings is 1. The topological polar surface area (TPSA) is 54.0 Å². The van der Waals surface area contributed by atoms with Gasteiger partial charge in [-0.2, -0.15) is 0 Å². The number of fused-ring (bicyclic) bond motifs is 1. The first kappa shape index (κ1) is 12.3. The smallest absolute Gasteiger partial charge is 0.156 e. The molecule has 0 bridgehead atoms. The zero-order valence-corrected chi connectivity index (χ0v) is 11.6. The van der Waals surface area contributed by atoms with E-state index in [0.717, 1.165) is 54.4 Å². The molecule has 0 aliphatic carbocycles. The van der Waals surface area contributed by atoms with Gasteiger partial charge in [-0.05, 0) is 11.6 Å². The van der Waals surface area contributed by atoms with Crippen LogP contribution >= 0.6 is 0 Å². The highest BCUT2D eigenvalue weighted by molar-refractivity contribution is 5.90. The van der Waals surface area contributed by atoms with Crippen LogP contribution in [0.25, 0.3) is 22.3 Å². The molecule has 1 saturated heterocycles. The van der Waals surface area contributed by atoms with E-state index in [1.165, 1.54) is 0 Å². The number of benzene rings is 1. The summed E-state index contributed by atoms with van der Waals surface area (Å²) >= 11 is 0. The number of rotatable bonds is 2. The van der Waals surface area contributed by atoms with Gasteiger partial charge in [0.25, 0.3) is 0 Å². The fourth-order valence-electron chi connectivity index (χ4n) is 2.71. The monoisotopic (exact) mass is 280 g/mol. The first-order chi connectivity index (χ1) is 10.4. The average molecular weight is 280 g/mol. The van der Waals surface area contributed by atoms with E-state index in [2.05, 4.69) is 38.1 Å². The second-order valence-corrected chi connectivity index (χ2v) is 5.11. The summed E-state index contributed by atoms with van der Waals surface area (Å²) in [4.78, 5) is 14.6. The third kappa shape index (κ3) is 2.25. The first-order valence-electron chi connectivity index (χ1n) is 7.14. The zero-order chi connectivity index (χ0) is 14.1. The molecule has 5 nitrogen and oxygen atoms in total. The van der Waals surface area contributed by atoms with E-state index < -0.39 is 0 Å². The summed E-state index contributed by atoms with van der Waals surface area (Å²) in [5, 5.41) is 0. The molecule has 0 saturated carbocycles. The predicted octanol–water partition coefficient (Wildman–Crippen LogP) is 2.46. The minimum atomic E-state index is 0.748. The van der Waals surface area contributed by atoms with E-state index in [9.17, 15) is 0 Å². The number of nitrogens with one attached hydrogen (secondary N) is 1. The Hall–Kier alpha value is -2.40. The average Bonchev–Trinajstić information content (AvgIpc) is 3.00. The molecule has 3 heterocycles. The molecule has 1 aromatic carbocycles. The number of ether oxygens (including phenoxy) is 1. The Bertz CT molecular complexity index is 747. The third-order valence-corrected chi connectivity index (χ3v) is 3.79. The fraction of sp³-hybridized carbons (Fsp3) is 0.250. The van der Waals surface area contributed by atoms with Crippen LogP contribution in [-0.2, 0) is 4.74 Å². The second-order valence-electron chi connectivity index (χ2n) is 5.11. The van der Waals surface area contributed by atoms with Gasteiger partial charge in [0.05, 0.1) is 18.7 Å². The summed E-state index contributed by atoms with van der Waals surface area (Å²) < 4.78 is 5.41. The van der Waals surface area contributed by atoms with Gasteiger partial charge in [0.15, 0.2) is 5.82 Å². The molecule has 4 rings (SSSR count). The normalized spacial score (nSPS) is 15.5. The van der Waals surface area contributed by atoms with Gasteiger partial charge in [-0.15, -0.1) is 0 Å². The summed E-state index contributed by atoms with van der Waals surface area (Å²) in [6, 6.07) is 12.4. The Morgan fingerprint density at radius 2 is 1.86 bits per heavy atom. The second kappa shape index (κ2) is 5.18. The molecule has 5 heteroatoms. The van der Waals surface area contributed by atoms with Crippen molar-refractivity contribution >= 4 is 16.9 Å². The number of aromatic nitrogens is 3. The van der Waals surface area contributed by atoms with Gasteiger partial charge in [-0.25, -0.2) is 9.97 Å². The third-order valence-electron chi connectivity index (χ3n) is 3.79. The lowest BCUT2D eigenvalue weighted by Crippen LogP contribution is -2.36. The van der Waals surface area contributed by atoms with Crippen molar-refractivity contribution < 1.29 is 4.74 Å². The van der Waals surface area contributed by atoms with Gasteiger partial charge >= 0.3 is 0 Å². The molecule has 2 aromatic heterocycles. The number of nitrogens with zero attached hydrogens (tertiary/aromatic N) is 3. The van der Waals surface area contributed by atoms with E-state index in [0.29, 0.717) is 0 Å². The molecular formula is C16H16N4O. The maximum Gasteiger partial charge on any atom is 0.156 e. The molecule has 0 amide bonds.